The number of aromatic amines is 1. The molecule has 120 valence electrons. The maximum atomic E-state index is 12.9. The van der Waals surface area contributed by atoms with E-state index in [0.717, 1.165) is 50.0 Å². The van der Waals surface area contributed by atoms with Gasteiger partial charge in [0.1, 0.15) is 0 Å². The van der Waals surface area contributed by atoms with E-state index in [4.69, 9.17) is 0 Å². The number of aryl methyl sites for hydroxylation is 2. The first kappa shape index (κ1) is 14.3. The number of hydrogen-bond donors (Lipinski definition) is 2. The molecule has 22 heavy (non-hydrogen) atoms. The van der Waals surface area contributed by atoms with Gasteiger partial charge in [-0.2, -0.15) is 0 Å². The molecular weight excluding hydrogens is 272 g/mol. The van der Waals surface area contributed by atoms with Gasteiger partial charge in [0, 0.05) is 23.3 Å². The molecule has 0 atom stereocenters. The second-order valence-electron chi connectivity index (χ2n) is 8.31. The molecule has 0 spiro atoms. The second-order valence-corrected chi connectivity index (χ2v) is 8.31. The zero-order valence-electron chi connectivity index (χ0n) is 13.9. The van der Waals surface area contributed by atoms with Gasteiger partial charge in [0.05, 0.1) is 0 Å². The van der Waals surface area contributed by atoms with Crippen molar-refractivity contribution in [1.29, 1.82) is 0 Å². The largest absolute Gasteiger partial charge is 0.362 e. The lowest BCUT2D eigenvalue weighted by molar-refractivity contribution is -0.146. The monoisotopic (exact) mass is 300 g/mol. The van der Waals surface area contributed by atoms with Crippen LogP contribution in [0.3, 0.4) is 0 Å². The van der Waals surface area contributed by atoms with E-state index in [2.05, 4.69) is 30.2 Å². The van der Waals surface area contributed by atoms with Crippen LogP contribution in [0.2, 0.25) is 0 Å². The predicted octanol–water partition coefficient (Wildman–Crippen LogP) is 3.51. The molecule has 1 aromatic rings. The third-order valence-electron chi connectivity index (χ3n) is 6.46. The first-order chi connectivity index (χ1) is 10.5. The second kappa shape index (κ2) is 5.14. The van der Waals surface area contributed by atoms with Crippen molar-refractivity contribution in [3.8, 4) is 0 Å². The van der Waals surface area contributed by atoms with Crippen LogP contribution in [0.15, 0.2) is 6.07 Å². The summed E-state index contributed by atoms with van der Waals surface area (Å²) in [5.74, 6) is 2.88. The van der Waals surface area contributed by atoms with Crippen LogP contribution in [-0.2, 0) is 11.2 Å². The molecule has 0 radical (unpaired) electrons. The van der Waals surface area contributed by atoms with Gasteiger partial charge in [0.25, 0.3) is 0 Å². The zero-order valence-corrected chi connectivity index (χ0v) is 13.9. The van der Waals surface area contributed by atoms with Crippen LogP contribution in [0, 0.1) is 37.0 Å². The average Bonchev–Trinajstić information content (AvgIpc) is 2.75. The summed E-state index contributed by atoms with van der Waals surface area (Å²) in [6.45, 7) is 4.98. The van der Waals surface area contributed by atoms with Crippen LogP contribution in [0.25, 0.3) is 0 Å². The molecule has 0 aromatic carbocycles. The highest BCUT2D eigenvalue weighted by Gasteiger charge is 2.54. The van der Waals surface area contributed by atoms with E-state index in [-0.39, 0.29) is 5.41 Å². The summed E-state index contributed by atoms with van der Waals surface area (Å²) in [5.41, 5.74) is 3.78. The van der Waals surface area contributed by atoms with Crippen molar-refractivity contribution in [3.05, 3.63) is 23.0 Å². The van der Waals surface area contributed by atoms with E-state index < -0.39 is 0 Å². The van der Waals surface area contributed by atoms with Crippen LogP contribution in [-0.4, -0.2) is 17.4 Å². The fourth-order valence-corrected chi connectivity index (χ4v) is 5.93. The van der Waals surface area contributed by atoms with Crippen LogP contribution in [0.4, 0.5) is 0 Å². The van der Waals surface area contributed by atoms with Crippen LogP contribution in [0.1, 0.15) is 55.5 Å². The molecule has 1 heterocycles. The molecule has 3 nitrogen and oxygen atoms in total. The quantitative estimate of drug-likeness (QED) is 0.878. The Hall–Kier alpha value is -1.25. The van der Waals surface area contributed by atoms with Crippen molar-refractivity contribution in [2.24, 2.45) is 23.2 Å². The Balaban J connectivity index is 1.37. The first-order valence-corrected chi connectivity index (χ1v) is 8.97. The highest BCUT2D eigenvalue weighted by molar-refractivity contribution is 5.83. The van der Waals surface area contributed by atoms with Crippen LogP contribution in [0.5, 0.6) is 0 Å². The molecular formula is C19H28N2O. The Morgan fingerprint density at radius 1 is 1.18 bits per heavy atom. The molecule has 4 aliphatic rings. The third-order valence-corrected chi connectivity index (χ3v) is 6.46. The summed E-state index contributed by atoms with van der Waals surface area (Å²) in [6.07, 6.45) is 8.61. The van der Waals surface area contributed by atoms with E-state index in [1.165, 1.54) is 36.2 Å². The molecule has 1 amide bonds. The minimum absolute atomic E-state index is 0.00213. The fraction of sp³-hybridized carbons (Fsp3) is 0.737. The Kier molecular flexibility index (Phi) is 3.35. The summed E-state index contributed by atoms with van der Waals surface area (Å²) in [6, 6.07) is 2.20. The van der Waals surface area contributed by atoms with Crippen molar-refractivity contribution in [3.63, 3.8) is 0 Å². The van der Waals surface area contributed by atoms with E-state index in [0.29, 0.717) is 5.91 Å². The molecule has 0 unspecified atom stereocenters. The molecule has 3 heteroatoms. The molecule has 4 saturated carbocycles. The Labute approximate surface area is 133 Å². The average molecular weight is 300 g/mol. The van der Waals surface area contributed by atoms with Gasteiger partial charge in [-0.05, 0) is 88.2 Å². The number of aromatic nitrogens is 1. The third kappa shape index (κ3) is 2.39. The standard InChI is InChI=1S/C19H28N2O/c1-12-5-17(13(2)21-12)3-4-20-18(22)19-9-14-6-15(10-19)8-16(7-14)11-19/h5,14-16,21H,3-4,6-11H2,1-2H3,(H,20,22). The van der Waals surface area contributed by atoms with Crippen LogP contribution >= 0.6 is 0 Å². The minimum atomic E-state index is -0.00213. The first-order valence-electron chi connectivity index (χ1n) is 8.97. The van der Waals surface area contributed by atoms with E-state index in [1.54, 1.807) is 0 Å². The number of H-pyrrole nitrogens is 1. The summed E-state index contributed by atoms with van der Waals surface area (Å²) < 4.78 is 0. The number of rotatable bonds is 4. The lowest BCUT2D eigenvalue weighted by Gasteiger charge is -2.55. The molecule has 5 rings (SSSR count). The lowest BCUT2D eigenvalue weighted by atomic mass is 9.49. The van der Waals surface area contributed by atoms with E-state index >= 15 is 0 Å². The van der Waals surface area contributed by atoms with Gasteiger partial charge in [0.15, 0.2) is 0 Å². The van der Waals surface area contributed by atoms with Crippen molar-refractivity contribution >= 4 is 5.91 Å². The molecule has 1 aromatic heterocycles. The smallest absolute Gasteiger partial charge is 0.226 e. The summed E-state index contributed by atoms with van der Waals surface area (Å²) in [5, 5.41) is 3.27. The van der Waals surface area contributed by atoms with Crippen molar-refractivity contribution in [1.82, 2.24) is 10.3 Å². The van der Waals surface area contributed by atoms with Gasteiger partial charge in [-0.3, -0.25) is 4.79 Å². The molecule has 4 aliphatic carbocycles. The minimum Gasteiger partial charge on any atom is -0.362 e. The number of nitrogens with one attached hydrogen (secondary N) is 2. The van der Waals surface area contributed by atoms with Crippen molar-refractivity contribution in [2.45, 2.75) is 58.8 Å². The summed E-state index contributed by atoms with van der Waals surface area (Å²) in [4.78, 5) is 16.2. The Bertz CT molecular complexity index is 551. The number of carbonyl (C=O) groups is 1. The SMILES string of the molecule is Cc1cc(CCNC(=O)C23CC4CC(CC(C4)C2)C3)c(C)[nH]1. The van der Waals surface area contributed by atoms with Gasteiger partial charge >= 0.3 is 0 Å². The maximum Gasteiger partial charge on any atom is 0.226 e. The van der Waals surface area contributed by atoms with E-state index in [9.17, 15) is 4.79 Å². The van der Waals surface area contributed by atoms with Gasteiger partial charge in [-0.25, -0.2) is 0 Å². The van der Waals surface area contributed by atoms with Crippen molar-refractivity contribution in [2.75, 3.05) is 6.54 Å². The summed E-state index contributed by atoms with van der Waals surface area (Å²) in [7, 11) is 0. The van der Waals surface area contributed by atoms with Gasteiger partial charge in [-0.15, -0.1) is 0 Å². The normalized spacial score (nSPS) is 35.8. The molecule has 0 saturated heterocycles. The topological polar surface area (TPSA) is 44.9 Å². The molecule has 4 fully saturated rings. The maximum absolute atomic E-state index is 12.9. The van der Waals surface area contributed by atoms with Crippen molar-refractivity contribution < 1.29 is 4.79 Å². The zero-order chi connectivity index (χ0) is 15.3. The number of hydrogen-bond acceptors (Lipinski definition) is 1. The Morgan fingerprint density at radius 3 is 2.27 bits per heavy atom. The van der Waals surface area contributed by atoms with Gasteiger partial charge in [0.2, 0.25) is 5.91 Å². The molecule has 2 N–H and O–H groups in total. The summed E-state index contributed by atoms with van der Waals surface area (Å²) >= 11 is 0. The molecule has 4 bridgehead atoms. The van der Waals surface area contributed by atoms with Gasteiger partial charge in [-0.1, -0.05) is 0 Å². The van der Waals surface area contributed by atoms with Crippen LogP contribution < -0.4 is 5.32 Å². The molecule has 0 aliphatic heterocycles. The highest BCUT2D eigenvalue weighted by Crippen LogP contribution is 2.60. The predicted molar refractivity (Wildman–Crippen MR) is 87.6 cm³/mol. The number of amides is 1. The Morgan fingerprint density at radius 2 is 1.77 bits per heavy atom. The fourth-order valence-electron chi connectivity index (χ4n) is 5.93. The highest BCUT2D eigenvalue weighted by atomic mass is 16.2. The van der Waals surface area contributed by atoms with E-state index in [1.807, 2.05) is 0 Å². The van der Waals surface area contributed by atoms with Gasteiger partial charge < -0.3 is 10.3 Å². The number of carbonyl (C=O) groups excluding carboxylic acids is 1. The lowest BCUT2D eigenvalue weighted by Crippen LogP contribution is -2.53.